The van der Waals surface area contributed by atoms with E-state index in [1.54, 1.807) is 35.2 Å². The lowest BCUT2D eigenvalue weighted by Gasteiger charge is -2.36. The van der Waals surface area contributed by atoms with Crippen molar-refractivity contribution in [3.05, 3.63) is 65.7 Å². The van der Waals surface area contributed by atoms with E-state index in [4.69, 9.17) is 5.73 Å². The number of hydrogen-bond acceptors (Lipinski definition) is 3. The van der Waals surface area contributed by atoms with E-state index < -0.39 is 5.54 Å². The molecule has 1 aliphatic heterocycles. The number of hydrogen-bond donors (Lipinski definition) is 1. The average molecular weight is 287 g/mol. The van der Waals surface area contributed by atoms with Crippen molar-refractivity contribution in [3.63, 3.8) is 0 Å². The molecule has 0 fully saturated rings. The first-order valence-electron chi connectivity index (χ1n) is 6.63. The first kappa shape index (κ1) is 13.5. The molecule has 3 nitrogen and oxygen atoms in total. The normalized spacial score (nSPS) is 21.5. The van der Waals surface area contributed by atoms with Gasteiger partial charge >= 0.3 is 0 Å². The molecule has 1 aliphatic rings. The van der Waals surface area contributed by atoms with Crippen molar-refractivity contribution in [2.75, 3.05) is 11.4 Å². The maximum Gasteiger partial charge on any atom is 0.196 e. The monoisotopic (exact) mass is 287 g/mol. The van der Waals surface area contributed by atoms with Gasteiger partial charge < -0.3 is 5.73 Å². The van der Waals surface area contributed by atoms with Crippen LogP contribution in [-0.2, 0) is 5.54 Å². The molecule has 0 aliphatic carbocycles. The Hall–Kier alpha value is -2.43. The molecule has 1 heterocycles. The fourth-order valence-corrected chi connectivity index (χ4v) is 2.68. The minimum absolute atomic E-state index is 0.256. The largest absolute Gasteiger partial charge is 0.369 e. The molecule has 1 atom stereocenters. The molecule has 0 bridgehead atoms. The highest BCUT2D eigenvalue weighted by molar-refractivity contribution is 5.98. The Morgan fingerprint density at radius 1 is 1.10 bits per heavy atom. The molecule has 0 spiro atoms. The molecule has 0 amide bonds. The smallest absolute Gasteiger partial charge is 0.196 e. The number of rotatable bonds is 2. The number of nitrogens with zero attached hydrogens (tertiary/aromatic N) is 2. The van der Waals surface area contributed by atoms with Crippen LogP contribution in [0, 0.1) is 11.6 Å². The van der Waals surface area contributed by atoms with Crippen LogP contribution in [-0.4, -0.2) is 12.5 Å². The first-order valence-corrected chi connectivity index (χ1v) is 6.63. The third-order valence-corrected chi connectivity index (χ3v) is 3.83. The summed E-state index contributed by atoms with van der Waals surface area (Å²) in [5.41, 5.74) is 6.51. The van der Waals surface area contributed by atoms with Crippen LogP contribution in [0.5, 0.6) is 0 Å². The van der Waals surface area contributed by atoms with Gasteiger partial charge in [0.2, 0.25) is 0 Å². The minimum Gasteiger partial charge on any atom is -0.369 e. The van der Waals surface area contributed by atoms with E-state index in [0.717, 1.165) is 5.56 Å². The van der Waals surface area contributed by atoms with Gasteiger partial charge in [0.15, 0.2) is 5.96 Å². The zero-order chi connectivity index (χ0) is 15.0. The van der Waals surface area contributed by atoms with Crippen molar-refractivity contribution in [1.82, 2.24) is 0 Å². The molecule has 1 unspecified atom stereocenters. The van der Waals surface area contributed by atoms with E-state index in [9.17, 15) is 8.78 Å². The van der Waals surface area contributed by atoms with Gasteiger partial charge in [-0.25, -0.2) is 8.78 Å². The summed E-state index contributed by atoms with van der Waals surface area (Å²) >= 11 is 0. The van der Waals surface area contributed by atoms with E-state index in [1.165, 1.54) is 18.2 Å². The molecule has 0 radical (unpaired) electrons. The van der Waals surface area contributed by atoms with Crippen molar-refractivity contribution < 1.29 is 8.78 Å². The number of nitrogens with two attached hydrogens (primary N) is 1. The summed E-state index contributed by atoms with van der Waals surface area (Å²) in [6.07, 6.45) is 0. The molecule has 2 aromatic carbocycles. The van der Waals surface area contributed by atoms with Gasteiger partial charge in [0.05, 0.1) is 17.8 Å². The molecule has 5 heteroatoms. The van der Waals surface area contributed by atoms with Crippen LogP contribution in [0.25, 0.3) is 0 Å². The Kier molecular flexibility index (Phi) is 3.12. The second-order valence-electron chi connectivity index (χ2n) is 5.24. The van der Waals surface area contributed by atoms with E-state index in [1.807, 2.05) is 6.92 Å². The Morgan fingerprint density at radius 3 is 2.43 bits per heavy atom. The van der Waals surface area contributed by atoms with Gasteiger partial charge in [0.25, 0.3) is 0 Å². The van der Waals surface area contributed by atoms with E-state index in [-0.39, 0.29) is 17.6 Å². The fraction of sp³-hybridized carbons (Fsp3) is 0.188. The molecule has 3 rings (SSSR count). The molecule has 0 saturated carbocycles. The summed E-state index contributed by atoms with van der Waals surface area (Å²) in [5.74, 6) is -0.426. The standard InChI is InChI=1S/C16H15F2N3/c1-16(11-6-8-12(17)9-7-11)10-20-15(19)21(16)14-5-3-2-4-13(14)18/h2-9H,10H2,1H3,(H2,19,20). The average Bonchev–Trinajstić information content (AvgIpc) is 2.77. The fourth-order valence-electron chi connectivity index (χ4n) is 2.68. The van der Waals surface area contributed by atoms with Crippen LogP contribution in [0.4, 0.5) is 14.5 Å². The summed E-state index contributed by atoms with van der Waals surface area (Å²) in [4.78, 5) is 5.91. The highest BCUT2D eigenvalue weighted by atomic mass is 19.1. The summed E-state index contributed by atoms with van der Waals surface area (Å²) < 4.78 is 27.3. The molecular weight excluding hydrogens is 272 g/mol. The number of anilines is 1. The number of para-hydroxylation sites is 1. The summed E-state index contributed by atoms with van der Waals surface area (Å²) in [5, 5.41) is 0. The Bertz CT molecular complexity index is 697. The lowest BCUT2D eigenvalue weighted by Crippen LogP contribution is -2.48. The van der Waals surface area contributed by atoms with Gasteiger partial charge in [0, 0.05) is 0 Å². The van der Waals surface area contributed by atoms with Gasteiger partial charge in [-0.05, 0) is 36.8 Å². The quantitative estimate of drug-likeness (QED) is 0.922. The Morgan fingerprint density at radius 2 is 1.76 bits per heavy atom. The van der Waals surface area contributed by atoms with Crippen molar-refractivity contribution in [3.8, 4) is 0 Å². The van der Waals surface area contributed by atoms with Crippen LogP contribution in [0.15, 0.2) is 53.5 Å². The van der Waals surface area contributed by atoms with Gasteiger partial charge in [-0.1, -0.05) is 24.3 Å². The van der Waals surface area contributed by atoms with Crippen LogP contribution in [0.2, 0.25) is 0 Å². The van der Waals surface area contributed by atoms with Gasteiger partial charge in [-0.2, -0.15) is 0 Å². The topological polar surface area (TPSA) is 41.6 Å². The van der Waals surface area contributed by atoms with Crippen LogP contribution >= 0.6 is 0 Å². The van der Waals surface area contributed by atoms with Crippen LogP contribution in [0.3, 0.4) is 0 Å². The highest BCUT2D eigenvalue weighted by Crippen LogP contribution is 2.37. The summed E-state index contributed by atoms with van der Waals surface area (Å²) in [6, 6.07) is 12.5. The number of benzene rings is 2. The number of guanidine groups is 1. The van der Waals surface area contributed by atoms with E-state index >= 15 is 0 Å². The maximum absolute atomic E-state index is 14.1. The van der Waals surface area contributed by atoms with Crippen molar-refractivity contribution in [2.24, 2.45) is 10.7 Å². The molecule has 21 heavy (non-hydrogen) atoms. The SMILES string of the molecule is CC1(c2ccc(F)cc2)CN=C(N)N1c1ccccc1F. The zero-order valence-corrected chi connectivity index (χ0v) is 11.6. The number of aliphatic imine (C=N–C) groups is 1. The van der Waals surface area contributed by atoms with Gasteiger partial charge in [-0.15, -0.1) is 0 Å². The molecule has 0 saturated heterocycles. The maximum atomic E-state index is 14.1. The Balaban J connectivity index is 2.10. The third-order valence-electron chi connectivity index (χ3n) is 3.83. The number of halogens is 2. The van der Waals surface area contributed by atoms with Gasteiger partial charge in [0.1, 0.15) is 11.6 Å². The van der Waals surface area contributed by atoms with Crippen molar-refractivity contribution >= 4 is 11.6 Å². The Labute approximate surface area is 121 Å². The van der Waals surface area contributed by atoms with Crippen molar-refractivity contribution in [2.45, 2.75) is 12.5 Å². The summed E-state index contributed by atoms with van der Waals surface area (Å²) in [7, 11) is 0. The summed E-state index contributed by atoms with van der Waals surface area (Å²) in [6.45, 7) is 2.30. The predicted molar refractivity (Wildman–Crippen MR) is 79.1 cm³/mol. The van der Waals surface area contributed by atoms with E-state index in [2.05, 4.69) is 4.99 Å². The zero-order valence-electron chi connectivity index (χ0n) is 11.6. The minimum atomic E-state index is -0.639. The first-order chi connectivity index (χ1) is 10.0. The predicted octanol–water partition coefficient (Wildman–Crippen LogP) is 3.01. The molecular formula is C16H15F2N3. The van der Waals surface area contributed by atoms with Crippen molar-refractivity contribution in [1.29, 1.82) is 0 Å². The molecule has 0 aromatic heterocycles. The highest BCUT2D eigenvalue weighted by Gasteiger charge is 2.41. The van der Waals surface area contributed by atoms with Crippen LogP contribution < -0.4 is 10.6 Å². The van der Waals surface area contributed by atoms with Crippen LogP contribution in [0.1, 0.15) is 12.5 Å². The molecule has 2 aromatic rings. The lowest BCUT2D eigenvalue weighted by atomic mass is 9.90. The molecule has 2 N–H and O–H groups in total. The second-order valence-corrected chi connectivity index (χ2v) is 5.24. The lowest BCUT2D eigenvalue weighted by molar-refractivity contribution is 0.518. The van der Waals surface area contributed by atoms with E-state index in [0.29, 0.717) is 12.2 Å². The molecule has 108 valence electrons. The third kappa shape index (κ3) is 2.14. The second kappa shape index (κ2) is 4.84. The van der Waals surface area contributed by atoms with Gasteiger partial charge in [-0.3, -0.25) is 9.89 Å².